The summed E-state index contributed by atoms with van der Waals surface area (Å²) in [6, 6.07) is 12.7. The average molecular weight is 389 g/mol. The number of para-hydroxylation sites is 1. The molecule has 2 aromatic rings. The van der Waals surface area contributed by atoms with Gasteiger partial charge in [-0.3, -0.25) is 4.79 Å². The third kappa shape index (κ3) is 4.30. The number of carbonyl (C=O) groups excluding carboxylic acids is 1. The summed E-state index contributed by atoms with van der Waals surface area (Å²) in [5.41, 5.74) is 0.522. The second-order valence-corrected chi connectivity index (χ2v) is 7.52. The normalized spacial score (nSPS) is 11.1. The molecule has 0 aliphatic rings. The number of hydrogen-bond donors (Lipinski definition) is 1. The molecule has 2 aromatic carbocycles. The van der Waals surface area contributed by atoms with Crippen molar-refractivity contribution in [1.29, 1.82) is 0 Å². The summed E-state index contributed by atoms with van der Waals surface area (Å²) in [5.74, 6) is -1.23. The second-order valence-electron chi connectivity index (χ2n) is 4.24. The molecule has 0 saturated carbocycles. The van der Waals surface area contributed by atoms with Gasteiger partial charge in [-0.15, -0.1) is 0 Å². The van der Waals surface area contributed by atoms with Crippen LogP contribution in [0.1, 0.15) is 0 Å². The van der Waals surface area contributed by atoms with Gasteiger partial charge in [0.25, 0.3) is 0 Å². The summed E-state index contributed by atoms with van der Waals surface area (Å²) >= 11 is 8.99. The molecule has 0 aromatic heterocycles. The molecule has 0 saturated heterocycles. The van der Waals surface area contributed by atoms with E-state index in [0.717, 1.165) is 0 Å². The molecule has 4 nitrogen and oxygen atoms in total. The van der Waals surface area contributed by atoms with Crippen molar-refractivity contribution in [3.05, 3.63) is 58.0 Å². The molecule has 0 heterocycles. The largest absolute Gasteiger partial charge is 0.324 e. The molecular weight excluding hydrogens is 378 g/mol. The average Bonchev–Trinajstić information content (AvgIpc) is 2.41. The Labute approximate surface area is 136 Å². The molecule has 1 N–H and O–H groups in total. The molecule has 0 atom stereocenters. The number of carbonyl (C=O) groups is 1. The van der Waals surface area contributed by atoms with Gasteiger partial charge in [0.2, 0.25) is 5.91 Å². The molecule has 0 fully saturated rings. The van der Waals surface area contributed by atoms with Crippen molar-refractivity contribution >= 4 is 49.0 Å². The third-order valence-corrected chi connectivity index (χ3v) is 5.22. The molecule has 0 bridgehead atoms. The second kappa shape index (κ2) is 6.60. The first-order valence-electron chi connectivity index (χ1n) is 5.91. The van der Waals surface area contributed by atoms with Crippen molar-refractivity contribution in [1.82, 2.24) is 0 Å². The van der Waals surface area contributed by atoms with Gasteiger partial charge < -0.3 is 5.32 Å². The summed E-state index contributed by atoms with van der Waals surface area (Å²) in [5, 5.41) is 2.99. The topological polar surface area (TPSA) is 63.2 Å². The van der Waals surface area contributed by atoms with Crippen LogP contribution in [0.15, 0.2) is 57.9 Å². The Kier molecular flexibility index (Phi) is 5.03. The highest BCUT2D eigenvalue weighted by atomic mass is 79.9. The van der Waals surface area contributed by atoms with Crippen molar-refractivity contribution in [2.45, 2.75) is 4.90 Å². The predicted molar refractivity (Wildman–Crippen MR) is 86.3 cm³/mol. The molecule has 110 valence electrons. The number of sulfone groups is 1. The third-order valence-electron chi connectivity index (χ3n) is 2.64. The first kappa shape index (κ1) is 16.0. The number of nitrogens with one attached hydrogen (secondary N) is 1. The smallest absolute Gasteiger partial charge is 0.239 e. The Bertz CT molecular complexity index is 760. The minimum Gasteiger partial charge on any atom is -0.324 e. The molecule has 0 radical (unpaired) electrons. The van der Waals surface area contributed by atoms with Gasteiger partial charge in [0.1, 0.15) is 5.75 Å². The van der Waals surface area contributed by atoms with Gasteiger partial charge in [-0.05, 0) is 52.3 Å². The maximum Gasteiger partial charge on any atom is 0.239 e. The Hall–Kier alpha value is -1.37. The van der Waals surface area contributed by atoms with Gasteiger partial charge >= 0.3 is 0 Å². The van der Waals surface area contributed by atoms with Gasteiger partial charge in [0.05, 0.1) is 10.6 Å². The number of anilines is 1. The fourth-order valence-electron chi connectivity index (χ4n) is 1.65. The molecule has 0 unspecified atom stereocenters. The Morgan fingerprint density at radius 2 is 1.71 bits per heavy atom. The van der Waals surface area contributed by atoms with E-state index in [9.17, 15) is 13.2 Å². The number of hydrogen-bond acceptors (Lipinski definition) is 3. The fourth-order valence-corrected chi connectivity index (χ4v) is 3.29. The van der Waals surface area contributed by atoms with E-state index in [0.29, 0.717) is 15.2 Å². The summed E-state index contributed by atoms with van der Waals surface area (Å²) in [6.07, 6.45) is 0. The highest BCUT2D eigenvalue weighted by Crippen LogP contribution is 2.21. The Morgan fingerprint density at radius 1 is 1.10 bits per heavy atom. The van der Waals surface area contributed by atoms with E-state index in [1.54, 1.807) is 24.3 Å². The number of amides is 1. The van der Waals surface area contributed by atoms with E-state index in [4.69, 9.17) is 11.6 Å². The van der Waals surface area contributed by atoms with Crippen LogP contribution in [0.5, 0.6) is 0 Å². The first-order valence-corrected chi connectivity index (χ1v) is 8.73. The minimum atomic E-state index is -3.70. The number of halogens is 2. The van der Waals surface area contributed by atoms with Crippen LogP contribution < -0.4 is 5.32 Å². The van der Waals surface area contributed by atoms with E-state index < -0.39 is 21.5 Å². The lowest BCUT2D eigenvalue weighted by Gasteiger charge is -2.08. The summed E-state index contributed by atoms with van der Waals surface area (Å²) < 4.78 is 24.9. The SMILES string of the molecule is O=C(CS(=O)(=O)c1ccc(Cl)cc1)Nc1ccccc1Br. The van der Waals surface area contributed by atoms with E-state index in [1.807, 2.05) is 0 Å². The zero-order valence-corrected chi connectivity index (χ0v) is 13.9. The monoisotopic (exact) mass is 387 g/mol. The fraction of sp³-hybridized carbons (Fsp3) is 0.0714. The lowest BCUT2D eigenvalue weighted by atomic mass is 10.3. The summed E-state index contributed by atoms with van der Waals surface area (Å²) in [4.78, 5) is 11.9. The number of benzene rings is 2. The molecule has 0 aliphatic heterocycles. The van der Waals surface area contributed by atoms with Crippen LogP contribution in [0, 0.1) is 0 Å². The van der Waals surface area contributed by atoms with Crippen molar-refractivity contribution in [3.63, 3.8) is 0 Å². The van der Waals surface area contributed by atoms with Crippen molar-refractivity contribution in [3.8, 4) is 0 Å². The van der Waals surface area contributed by atoms with Crippen LogP contribution in [0.2, 0.25) is 5.02 Å². The maximum atomic E-state index is 12.1. The molecular formula is C14H11BrClNO3S. The lowest BCUT2D eigenvalue weighted by Crippen LogP contribution is -2.23. The molecule has 2 rings (SSSR count). The van der Waals surface area contributed by atoms with E-state index >= 15 is 0 Å². The van der Waals surface area contributed by atoms with E-state index in [1.165, 1.54) is 24.3 Å². The number of rotatable bonds is 4. The Morgan fingerprint density at radius 3 is 2.33 bits per heavy atom. The minimum absolute atomic E-state index is 0.0641. The van der Waals surface area contributed by atoms with E-state index in [2.05, 4.69) is 21.2 Å². The molecule has 7 heteroatoms. The van der Waals surface area contributed by atoms with Gasteiger partial charge in [0, 0.05) is 9.50 Å². The predicted octanol–water partition coefficient (Wildman–Crippen LogP) is 3.51. The summed E-state index contributed by atoms with van der Waals surface area (Å²) in [7, 11) is -3.70. The van der Waals surface area contributed by atoms with Gasteiger partial charge in [-0.25, -0.2) is 8.42 Å². The van der Waals surface area contributed by atoms with Crippen LogP contribution in [-0.2, 0) is 14.6 Å². The van der Waals surface area contributed by atoms with Crippen LogP contribution in [0.3, 0.4) is 0 Å². The van der Waals surface area contributed by atoms with Crippen LogP contribution in [-0.4, -0.2) is 20.1 Å². The highest BCUT2D eigenvalue weighted by molar-refractivity contribution is 9.10. The van der Waals surface area contributed by atoms with Gasteiger partial charge in [-0.1, -0.05) is 23.7 Å². The Balaban J connectivity index is 2.12. The highest BCUT2D eigenvalue weighted by Gasteiger charge is 2.19. The van der Waals surface area contributed by atoms with Gasteiger partial charge in [0.15, 0.2) is 9.84 Å². The molecule has 21 heavy (non-hydrogen) atoms. The van der Waals surface area contributed by atoms with Crippen molar-refractivity contribution in [2.24, 2.45) is 0 Å². The molecule has 0 spiro atoms. The standard InChI is InChI=1S/C14H11BrClNO3S/c15-12-3-1-2-4-13(12)17-14(18)9-21(19,20)11-7-5-10(16)6-8-11/h1-8H,9H2,(H,17,18). The molecule has 0 aliphatic carbocycles. The van der Waals surface area contributed by atoms with Crippen LogP contribution in [0.25, 0.3) is 0 Å². The zero-order valence-electron chi connectivity index (χ0n) is 10.7. The van der Waals surface area contributed by atoms with Gasteiger partial charge in [-0.2, -0.15) is 0 Å². The van der Waals surface area contributed by atoms with Crippen LogP contribution >= 0.6 is 27.5 Å². The van der Waals surface area contributed by atoms with Crippen molar-refractivity contribution < 1.29 is 13.2 Å². The van der Waals surface area contributed by atoms with Crippen molar-refractivity contribution in [2.75, 3.05) is 11.1 Å². The quantitative estimate of drug-likeness (QED) is 0.871. The van der Waals surface area contributed by atoms with Crippen LogP contribution in [0.4, 0.5) is 5.69 Å². The first-order chi connectivity index (χ1) is 9.88. The zero-order chi connectivity index (χ0) is 15.5. The maximum absolute atomic E-state index is 12.1. The summed E-state index contributed by atoms with van der Waals surface area (Å²) in [6.45, 7) is 0. The molecule has 1 amide bonds. The lowest BCUT2D eigenvalue weighted by molar-refractivity contribution is -0.113. The van der Waals surface area contributed by atoms with E-state index in [-0.39, 0.29) is 4.90 Å².